The molecule has 270 valence electrons. The Hall–Kier alpha value is -3.43. The summed E-state index contributed by atoms with van der Waals surface area (Å²) in [6, 6.07) is 9.86. The van der Waals surface area contributed by atoms with Crippen molar-refractivity contribution in [2.24, 2.45) is 5.92 Å². The van der Waals surface area contributed by atoms with Crippen LogP contribution in [0.1, 0.15) is 114 Å². The van der Waals surface area contributed by atoms with Crippen LogP contribution in [0.3, 0.4) is 0 Å². The molecule has 0 spiro atoms. The van der Waals surface area contributed by atoms with Crippen LogP contribution in [0, 0.1) is 5.92 Å². The van der Waals surface area contributed by atoms with Crippen molar-refractivity contribution in [3.05, 3.63) is 59.8 Å². The molecule has 2 saturated heterocycles. The third kappa shape index (κ3) is 11.6. The fourth-order valence-electron chi connectivity index (χ4n) is 6.98. The SMILES string of the molecule is C=CCC(C(=O)O)c1cccc(OCC2CCOCC2)c1N1CCCC1=O.CC.c1cc2c(nc1CCCCOC1CCCC1)NCCC2. The maximum Gasteiger partial charge on any atom is 0.311 e. The second-order valence-corrected chi connectivity index (χ2v) is 13.2. The summed E-state index contributed by atoms with van der Waals surface area (Å²) in [4.78, 5) is 30.7. The van der Waals surface area contributed by atoms with Crippen LogP contribution in [-0.4, -0.2) is 67.6 Å². The van der Waals surface area contributed by atoms with Gasteiger partial charge in [-0.15, -0.1) is 6.58 Å². The minimum absolute atomic E-state index is 0.0149. The lowest BCUT2D eigenvalue weighted by Crippen LogP contribution is -2.28. The smallest absolute Gasteiger partial charge is 0.311 e. The van der Waals surface area contributed by atoms with Gasteiger partial charge in [-0.25, -0.2) is 4.98 Å². The fourth-order valence-corrected chi connectivity index (χ4v) is 6.98. The van der Waals surface area contributed by atoms with Crippen molar-refractivity contribution in [2.75, 3.05) is 49.7 Å². The van der Waals surface area contributed by atoms with Gasteiger partial charge in [-0.05, 0) is 99.8 Å². The number of para-hydroxylation sites is 1. The number of aromatic nitrogens is 1. The Labute approximate surface area is 293 Å². The van der Waals surface area contributed by atoms with Crippen LogP contribution in [0.2, 0.25) is 0 Å². The number of nitrogens with zero attached hydrogens (tertiary/aromatic N) is 2. The summed E-state index contributed by atoms with van der Waals surface area (Å²) in [6.45, 7) is 12.3. The number of hydrogen-bond donors (Lipinski definition) is 2. The highest BCUT2D eigenvalue weighted by Crippen LogP contribution is 2.40. The number of aliphatic carboxylic acids is 1. The number of carboxylic acid groups (broad SMARTS) is 1. The molecule has 1 saturated carbocycles. The zero-order valence-electron chi connectivity index (χ0n) is 29.9. The standard InChI is InChI=1S/C21H27NO5.C17H26N2O.C2H6/c1-2-5-17(21(24)25)16-6-3-7-18(20(16)22-11-4-8-19(22)23)27-14-15-9-12-26-13-10-15;1-2-9-16(8-1)20-13-4-3-7-15-11-10-14-6-5-12-18-17(14)19-15;1-2/h2-3,6-7,15,17H,1,4-5,8-14H2,(H,24,25);10-11,16H,1-9,12-13H2,(H,18,19);1-2H3. The number of pyridine rings is 1. The number of hydrogen-bond acceptors (Lipinski definition) is 7. The van der Waals surface area contributed by atoms with Gasteiger partial charge >= 0.3 is 5.97 Å². The summed E-state index contributed by atoms with van der Waals surface area (Å²) in [7, 11) is 0. The maximum absolute atomic E-state index is 12.4. The topological polar surface area (TPSA) is 110 Å². The molecule has 1 unspecified atom stereocenters. The summed E-state index contributed by atoms with van der Waals surface area (Å²) >= 11 is 0. The van der Waals surface area contributed by atoms with Crippen LogP contribution >= 0.6 is 0 Å². The minimum Gasteiger partial charge on any atom is -0.491 e. The first-order chi connectivity index (χ1) is 24.0. The number of fused-ring (bicyclic) bond motifs is 1. The van der Waals surface area contributed by atoms with E-state index in [0.29, 0.717) is 55.0 Å². The third-order valence-electron chi connectivity index (χ3n) is 9.70. The summed E-state index contributed by atoms with van der Waals surface area (Å²) in [5.74, 6) is 0.455. The number of carbonyl (C=O) groups is 2. The van der Waals surface area contributed by atoms with Crippen molar-refractivity contribution >= 4 is 23.4 Å². The zero-order chi connectivity index (χ0) is 34.8. The lowest BCUT2D eigenvalue weighted by atomic mass is 9.93. The van der Waals surface area contributed by atoms with E-state index in [2.05, 4.69) is 24.0 Å². The van der Waals surface area contributed by atoms with Crippen LogP contribution < -0.4 is 15.0 Å². The van der Waals surface area contributed by atoms with E-state index >= 15 is 0 Å². The summed E-state index contributed by atoms with van der Waals surface area (Å²) in [5, 5.41) is 13.1. The molecule has 3 aliphatic heterocycles. The maximum atomic E-state index is 12.4. The Kier molecular flexibility index (Phi) is 16.4. The van der Waals surface area contributed by atoms with E-state index in [0.717, 1.165) is 64.3 Å². The minimum atomic E-state index is -0.927. The van der Waals surface area contributed by atoms with Gasteiger partial charge in [-0.3, -0.25) is 9.59 Å². The molecular formula is C40H59N3O6. The van der Waals surface area contributed by atoms with E-state index in [1.165, 1.54) is 56.2 Å². The predicted octanol–water partition coefficient (Wildman–Crippen LogP) is 8.11. The summed E-state index contributed by atoms with van der Waals surface area (Å²) in [5.41, 5.74) is 3.83. The molecule has 3 fully saturated rings. The first-order valence-corrected chi connectivity index (χ1v) is 18.8. The van der Waals surface area contributed by atoms with Crippen molar-refractivity contribution in [1.82, 2.24) is 4.98 Å². The van der Waals surface area contributed by atoms with Gasteiger partial charge in [0.05, 0.1) is 24.3 Å². The molecule has 1 aromatic heterocycles. The normalized spacial score (nSPS) is 18.3. The van der Waals surface area contributed by atoms with Gasteiger partial charge < -0.3 is 29.5 Å². The van der Waals surface area contributed by atoms with E-state index in [9.17, 15) is 14.7 Å². The van der Waals surface area contributed by atoms with Crippen molar-refractivity contribution in [3.63, 3.8) is 0 Å². The van der Waals surface area contributed by atoms with E-state index in [1.54, 1.807) is 23.1 Å². The highest BCUT2D eigenvalue weighted by atomic mass is 16.5. The monoisotopic (exact) mass is 677 g/mol. The number of anilines is 2. The summed E-state index contributed by atoms with van der Waals surface area (Å²) < 4.78 is 17.4. The number of benzene rings is 1. The lowest BCUT2D eigenvalue weighted by molar-refractivity contribution is -0.138. The molecule has 9 heteroatoms. The molecule has 49 heavy (non-hydrogen) atoms. The van der Waals surface area contributed by atoms with Crippen LogP contribution in [0.25, 0.3) is 0 Å². The number of rotatable bonds is 14. The molecule has 4 heterocycles. The number of carbonyl (C=O) groups excluding carboxylic acids is 1. The lowest BCUT2D eigenvalue weighted by Gasteiger charge is -2.27. The van der Waals surface area contributed by atoms with Crippen molar-refractivity contribution < 1.29 is 28.9 Å². The number of amides is 1. The van der Waals surface area contributed by atoms with Gasteiger partial charge in [0.2, 0.25) is 5.91 Å². The Morgan fingerprint density at radius 2 is 1.88 bits per heavy atom. The molecule has 0 radical (unpaired) electrons. The summed E-state index contributed by atoms with van der Waals surface area (Å²) in [6.07, 6.45) is 16.7. The predicted molar refractivity (Wildman–Crippen MR) is 196 cm³/mol. The van der Waals surface area contributed by atoms with Gasteiger partial charge in [-0.1, -0.05) is 51.0 Å². The average Bonchev–Trinajstić information content (AvgIpc) is 3.82. The van der Waals surface area contributed by atoms with Gasteiger partial charge in [0.15, 0.2) is 0 Å². The van der Waals surface area contributed by atoms with Crippen molar-refractivity contribution in [1.29, 1.82) is 0 Å². The zero-order valence-corrected chi connectivity index (χ0v) is 29.9. The Bertz CT molecular complexity index is 1320. The number of unbranched alkanes of at least 4 members (excludes halogenated alkanes) is 1. The molecule has 0 bridgehead atoms. The number of ether oxygens (including phenoxy) is 3. The van der Waals surface area contributed by atoms with Crippen molar-refractivity contribution in [3.8, 4) is 5.75 Å². The number of nitrogens with one attached hydrogen (secondary N) is 1. The third-order valence-corrected chi connectivity index (χ3v) is 9.70. The molecule has 6 rings (SSSR count). The van der Waals surface area contributed by atoms with Gasteiger partial charge in [-0.2, -0.15) is 0 Å². The molecule has 2 N–H and O–H groups in total. The largest absolute Gasteiger partial charge is 0.491 e. The van der Waals surface area contributed by atoms with Gasteiger partial charge in [0, 0.05) is 45.0 Å². The molecule has 1 amide bonds. The first-order valence-electron chi connectivity index (χ1n) is 18.8. The Morgan fingerprint density at radius 3 is 2.59 bits per heavy atom. The van der Waals surface area contributed by atoms with Crippen LogP contribution in [0.15, 0.2) is 43.0 Å². The number of allylic oxidation sites excluding steroid dienone is 1. The number of aryl methyl sites for hydroxylation is 2. The molecule has 9 nitrogen and oxygen atoms in total. The Morgan fingerprint density at radius 1 is 1.08 bits per heavy atom. The van der Waals surface area contributed by atoms with E-state index in [-0.39, 0.29) is 5.91 Å². The van der Waals surface area contributed by atoms with Gasteiger partial charge in [0.1, 0.15) is 11.6 Å². The molecule has 1 aliphatic carbocycles. The highest BCUT2D eigenvalue weighted by Gasteiger charge is 2.32. The van der Waals surface area contributed by atoms with Crippen LogP contribution in [0.5, 0.6) is 5.75 Å². The quantitative estimate of drug-likeness (QED) is 0.152. The first kappa shape index (κ1) is 38.4. The van der Waals surface area contributed by atoms with Crippen LogP contribution in [-0.2, 0) is 31.9 Å². The fraction of sp³-hybridized carbons (Fsp3) is 0.625. The molecule has 1 aromatic carbocycles. The van der Waals surface area contributed by atoms with Crippen LogP contribution in [0.4, 0.5) is 11.5 Å². The number of carboxylic acids is 1. The van der Waals surface area contributed by atoms with E-state index in [4.69, 9.17) is 19.2 Å². The van der Waals surface area contributed by atoms with E-state index < -0.39 is 11.9 Å². The average molecular weight is 678 g/mol. The van der Waals surface area contributed by atoms with Crippen molar-refractivity contribution in [2.45, 2.75) is 116 Å². The molecule has 2 aromatic rings. The highest BCUT2D eigenvalue weighted by molar-refractivity contribution is 5.98. The van der Waals surface area contributed by atoms with Gasteiger partial charge in [0.25, 0.3) is 0 Å². The van der Waals surface area contributed by atoms with E-state index in [1.807, 2.05) is 19.9 Å². The Balaban J connectivity index is 0.000000218. The second-order valence-electron chi connectivity index (χ2n) is 13.2. The molecule has 1 atom stereocenters. The molecular weight excluding hydrogens is 618 g/mol. The molecule has 4 aliphatic rings. The second kappa shape index (κ2) is 20.9.